The number of nitrogens with one attached hydrogen (secondary N) is 3. The standard InChI is InChI=1S/C20H24N4O4/c1-3-24(13-18(25)21-16-10-7-11-17(12-16)28-2)14-19(26)23-20(27)22-15-8-5-4-6-9-15/h4-12H,3,13-14H2,1-2H3,(H,21,25)(H2,22,23,26,27). The summed E-state index contributed by atoms with van der Waals surface area (Å²) in [5.74, 6) is -0.130. The van der Waals surface area contributed by atoms with Crippen LogP contribution < -0.4 is 20.7 Å². The lowest BCUT2D eigenvalue weighted by atomic mass is 10.3. The van der Waals surface area contributed by atoms with Crippen LogP contribution in [0.5, 0.6) is 5.75 Å². The molecule has 0 bridgehead atoms. The van der Waals surface area contributed by atoms with Gasteiger partial charge in [-0.25, -0.2) is 4.79 Å². The van der Waals surface area contributed by atoms with Crippen molar-refractivity contribution in [3.63, 3.8) is 0 Å². The van der Waals surface area contributed by atoms with Crippen molar-refractivity contribution in [1.29, 1.82) is 0 Å². The fourth-order valence-electron chi connectivity index (χ4n) is 2.44. The molecule has 0 unspecified atom stereocenters. The van der Waals surface area contributed by atoms with Gasteiger partial charge in [0.2, 0.25) is 11.8 Å². The Balaban J connectivity index is 1.81. The number of hydrogen-bond acceptors (Lipinski definition) is 5. The number of methoxy groups -OCH3 is 1. The molecule has 0 saturated carbocycles. The molecule has 0 aliphatic carbocycles. The molecule has 8 heteroatoms. The Morgan fingerprint density at radius 1 is 0.893 bits per heavy atom. The molecule has 2 aromatic carbocycles. The van der Waals surface area contributed by atoms with Gasteiger partial charge < -0.3 is 15.4 Å². The molecule has 0 spiro atoms. The van der Waals surface area contributed by atoms with Gasteiger partial charge in [-0.15, -0.1) is 0 Å². The second-order valence-corrected chi connectivity index (χ2v) is 5.95. The zero-order valence-corrected chi connectivity index (χ0v) is 15.9. The summed E-state index contributed by atoms with van der Waals surface area (Å²) >= 11 is 0. The van der Waals surface area contributed by atoms with Crippen molar-refractivity contribution < 1.29 is 19.1 Å². The van der Waals surface area contributed by atoms with Gasteiger partial charge in [-0.05, 0) is 30.8 Å². The van der Waals surface area contributed by atoms with Crippen LogP contribution in [-0.2, 0) is 9.59 Å². The van der Waals surface area contributed by atoms with E-state index in [1.807, 2.05) is 13.0 Å². The second-order valence-electron chi connectivity index (χ2n) is 5.95. The molecule has 0 radical (unpaired) electrons. The Kier molecular flexibility index (Phi) is 7.98. The van der Waals surface area contributed by atoms with Crippen LogP contribution in [-0.4, -0.2) is 49.5 Å². The summed E-state index contributed by atoms with van der Waals surface area (Å²) in [5.41, 5.74) is 1.19. The van der Waals surface area contributed by atoms with Crippen LogP contribution in [0.1, 0.15) is 6.92 Å². The number of imide groups is 1. The summed E-state index contributed by atoms with van der Waals surface area (Å²) in [6, 6.07) is 15.2. The number of amides is 4. The SMILES string of the molecule is CCN(CC(=O)NC(=O)Nc1ccccc1)CC(=O)Nc1cccc(OC)c1. The van der Waals surface area contributed by atoms with E-state index in [2.05, 4.69) is 16.0 Å². The highest BCUT2D eigenvalue weighted by molar-refractivity contribution is 6.02. The third kappa shape index (κ3) is 7.08. The quantitative estimate of drug-likeness (QED) is 0.649. The lowest BCUT2D eigenvalue weighted by Crippen LogP contribution is -2.44. The van der Waals surface area contributed by atoms with Gasteiger partial charge in [0.15, 0.2) is 0 Å². The number of nitrogens with zero attached hydrogens (tertiary/aromatic N) is 1. The van der Waals surface area contributed by atoms with Gasteiger partial charge in [-0.3, -0.25) is 19.8 Å². The highest BCUT2D eigenvalue weighted by Crippen LogP contribution is 2.16. The van der Waals surface area contributed by atoms with E-state index < -0.39 is 11.9 Å². The molecular weight excluding hydrogens is 360 g/mol. The smallest absolute Gasteiger partial charge is 0.325 e. The number of urea groups is 1. The first-order chi connectivity index (χ1) is 13.5. The highest BCUT2D eigenvalue weighted by atomic mass is 16.5. The van der Waals surface area contributed by atoms with Crippen LogP contribution in [0.15, 0.2) is 54.6 Å². The second kappa shape index (κ2) is 10.7. The van der Waals surface area contributed by atoms with Crippen molar-refractivity contribution in [2.75, 3.05) is 37.4 Å². The van der Waals surface area contributed by atoms with Gasteiger partial charge in [0.25, 0.3) is 0 Å². The lowest BCUT2D eigenvalue weighted by molar-refractivity contribution is -0.122. The van der Waals surface area contributed by atoms with Gasteiger partial charge in [0.1, 0.15) is 5.75 Å². The normalized spacial score (nSPS) is 10.2. The number of benzene rings is 2. The number of carbonyl (C=O) groups excluding carboxylic acids is 3. The first-order valence-corrected chi connectivity index (χ1v) is 8.82. The number of hydrogen-bond donors (Lipinski definition) is 3. The molecule has 2 rings (SSSR count). The zero-order valence-electron chi connectivity index (χ0n) is 15.9. The molecule has 0 aliphatic rings. The summed E-state index contributed by atoms with van der Waals surface area (Å²) in [7, 11) is 1.55. The van der Waals surface area contributed by atoms with E-state index in [1.54, 1.807) is 60.5 Å². The molecule has 0 aliphatic heterocycles. The molecule has 0 fully saturated rings. The number of likely N-dealkylation sites (N-methyl/N-ethyl adjacent to an activating group) is 1. The lowest BCUT2D eigenvalue weighted by Gasteiger charge is -2.19. The number of anilines is 2. The van der Waals surface area contributed by atoms with E-state index in [9.17, 15) is 14.4 Å². The molecule has 148 valence electrons. The van der Waals surface area contributed by atoms with Crippen molar-refractivity contribution in [3.8, 4) is 5.75 Å². The predicted octanol–water partition coefficient (Wildman–Crippen LogP) is 2.30. The Labute approximate surface area is 163 Å². The van der Waals surface area contributed by atoms with Crippen LogP contribution in [0.2, 0.25) is 0 Å². The van der Waals surface area contributed by atoms with E-state index >= 15 is 0 Å². The summed E-state index contributed by atoms with van der Waals surface area (Å²) in [4.78, 5) is 37.8. The number of rotatable bonds is 8. The maximum absolute atomic E-state index is 12.2. The number of carbonyl (C=O) groups is 3. The fourth-order valence-corrected chi connectivity index (χ4v) is 2.44. The Hall–Kier alpha value is -3.39. The maximum Gasteiger partial charge on any atom is 0.325 e. The summed E-state index contributed by atoms with van der Waals surface area (Å²) in [6.07, 6.45) is 0. The van der Waals surface area contributed by atoms with Crippen molar-refractivity contribution in [2.45, 2.75) is 6.92 Å². The van der Waals surface area contributed by atoms with Gasteiger partial charge in [0, 0.05) is 17.4 Å². The van der Waals surface area contributed by atoms with Crippen molar-refractivity contribution in [3.05, 3.63) is 54.6 Å². The molecule has 0 aromatic heterocycles. The fraction of sp³-hybridized carbons (Fsp3) is 0.250. The van der Waals surface area contributed by atoms with Crippen LogP contribution >= 0.6 is 0 Å². The third-order valence-corrected chi connectivity index (χ3v) is 3.82. The molecular formula is C20H24N4O4. The van der Waals surface area contributed by atoms with E-state index in [4.69, 9.17) is 4.74 Å². The topological polar surface area (TPSA) is 99.8 Å². The summed E-state index contributed by atoms with van der Waals surface area (Å²) in [6.45, 7) is 2.24. The predicted molar refractivity (Wildman–Crippen MR) is 107 cm³/mol. The van der Waals surface area contributed by atoms with Crippen LogP contribution in [0, 0.1) is 0 Å². The van der Waals surface area contributed by atoms with Crippen molar-refractivity contribution in [2.24, 2.45) is 0 Å². The highest BCUT2D eigenvalue weighted by Gasteiger charge is 2.15. The monoisotopic (exact) mass is 384 g/mol. The average Bonchev–Trinajstić information content (AvgIpc) is 2.68. The van der Waals surface area contributed by atoms with Crippen LogP contribution in [0.25, 0.3) is 0 Å². The average molecular weight is 384 g/mol. The Bertz CT molecular complexity index is 811. The maximum atomic E-state index is 12.2. The Morgan fingerprint density at radius 3 is 2.25 bits per heavy atom. The van der Waals surface area contributed by atoms with Gasteiger partial charge in [-0.1, -0.05) is 31.2 Å². The van der Waals surface area contributed by atoms with E-state index in [-0.39, 0.29) is 19.0 Å². The first-order valence-electron chi connectivity index (χ1n) is 8.82. The van der Waals surface area contributed by atoms with Gasteiger partial charge >= 0.3 is 6.03 Å². The van der Waals surface area contributed by atoms with Crippen molar-refractivity contribution >= 4 is 29.2 Å². The first kappa shape index (κ1) is 20.9. The molecule has 4 amide bonds. The molecule has 3 N–H and O–H groups in total. The largest absolute Gasteiger partial charge is 0.497 e. The minimum absolute atomic E-state index is 0.0153. The number of ether oxygens (including phenoxy) is 1. The van der Waals surface area contributed by atoms with E-state index in [0.29, 0.717) is 23.7 Å². The molecule has 2 aromatic rings. The summed E-state index contributed by atoms with van der Waals surface area (Å²) < 4.78 is 5.12. The molecule has 28 heavy (non-hydrogen) atoms. The van der Waals surface area contributed by atoms with E-state index in [0.717, 1.165) is 0 Å². The van der Waals surface area contributed by atoms with Crippen molar-refractivity contribution in [1.82, 2.24) is 10.2 Å². The molecule has 0 saturated heterocycles. The molecule has 8 nitrogen and oxygen atoms in total. The summed E-state index contributed by atoms with van der Waals surface area (Å²) in [5, 5.41) is 7.58. The minimum Gasteiger partial charge on any atom is -0.497 e. The van der Waals surface area contributed by atoms with Crippen LogP contribution in [0.3, 0.4) is 0 Å². The third-order valence-electron chi connectivity index (χ3n) is 3.82. The Morgan fingerprint density at radius 2 is 1.57 bits per heavy atom. The number of para-hydroxylation sites is 1. The van der Waals surface area contributed by atoms with Gasteiger partial charge in [-0.2, -0.15) is 0 Å². The minimum atomic E-state index is -0.618. The van der Waals surface area contributed by atoms with Gasteiger partial charge in [0.05, 0.1) is 20.2 Å². The molecule has 0 atom stereocenters. The zero-order chi connectivity index (χ0) is 20.4. The van der Waals surface area contributed by atoms with Crippen LogP contribution in [0.4, 0.5) is 16.2 Å². The van der Waals surface area contributed by atoms with E-state index in [1.165, 1.54) is 0 Å². The molecule has 0 heterocycles.